The molecule has 114 valence electrons. The molecule has 4 nitrogen and oxygen atoms in total. The van der Waals surface area contributed by atoms with E-state index in [0.717, 1.165) is 48.8 Å². The number of ether oxygens (including phenoxy) is 1. The second-order valence-electron chi connectivity index (χ2n) is 4.94. The van der Waals surface area contributed by atoms with Gasteiger partial charge in [-0.25, -0.2) is 4.98 Å². The summed E-state index contributed by atoms with van der Waals surface area (Å²) < 4.78 is 8.59. The number of benzene rings is 1. The first-order valence-electron chi connectivity index (χ1n) is 7.29. The van der Waals surface area contributed by atoms with Crippen LogP contribution in [0.1, 0.15) is 24.6 Å². The highest BCUT2D eigenvalue weighted by Crippen LogP contribution is 2.15. The van der Waals surface area contributed by atoms with Crippen molar-refractivity contribution >= 4 is 21.9 Å². The van der Waals surface area contributed by atoms with Crippen LogP contribution in [0.15, 0.2) is 34.9 Å². The summed E-state index contributed by atoms with van der Waals surface area (Å²) in [6, 6.07) is 8.37. The number of nitrogens with one attached hydrogen (secondary N) is 1. The normalized spacial score (nSPS) is 10.8. The molecular weight excluding hydrogens is 330 g/mol. The van der Waals surface area contributed by atoms with Gasteiger partial charge in [0, 0.05) is 30.4 Å². The molecule has 1 aromatic carbocycles. The van der Waals surface area contributed by atoms with Crippen LogP contribution in [-0.2, 0) is 11.3 Å². The lowest BCUT2D eigenvalue weighted by atomic mass is 10.2. The van der Waals surface area contributed by atoms with Gasteiger partial charge >= 0.3 is 0 Å². The highest BCUT2D eigenvalue weighted by molar-refractivity contribution is 9.10. The molecule has 5 heteroatoms. The summed E-state index contributed by atoms with van der Waals surface area (Å²) in [6.45, 7) is 7.29. The largest absolute Gasteiger partial charge is 0.382 e. The molecule has 2 aromatic rings. The maximum absolute atomic E-state index is 5.34. The Morgan fingerprint density at radius 2 is 2.05 bits per heavy atom. The maximum Gasteiger partial charge on any atom is 0.203 e. The van der Waals surface area contributed by atoms with Gasteiger partial charge in [0.05, 0.1) is 12.2 Å². The van der Waals surface area contributed by atoms with E-state index in [0.29, 0.717) is 0 Å². The topological polar surface area (TPSA) is 39.1 Å². The molecule has 0 aliphatic heterocycles. The average Bonchev–Trinajstić information content (AvgIpc) is 2.81. The quantitative estimate of drug-likeness (QED) is 0.734. The van der Waals surface area contributed by atoms with Crippen molar-refractivity contribution in [1.29, 1.82) is 0 Å². The van der Waals surface area contributed by atoms with E-state index in [-0.39, 0.29) is 0 Å². The SMILES string of the molecule is CCOCCCNc1nc(C)cn1Cc1ccc(Br)cc1. The van der Waals surface area contributed by atoms with Gasteiger partial charge in [0.1, 0.15) is 0 Å². The van der Waals surface area contributed by atoms with Crippen LogP contribution in [0, 0.1) is 6.92 Å². The maximum atomic E-state index is 5.34. The second kappa shape index (κ2) is 8.20. The number of hydrogen-bond donors (Lipinski definition) is 1. The zero-order chi connectivity index (χ0) is 15.1. The highest BCUT2D eigenvalue weighted by atomic mass is 79.9. The first kappa shape index (κ1) is 16.0. The summed E-state index contributed by atoms with van der Waals surface area (Å²) in [5, 5.41) is 3.39. The fraction of sp³-hybridized carbons (Fsp3) is 0.438. The molecule has 21 heavy (non-hydrogen) atoms. The van der Waals surface area contributed by atoms with Crippen molar-refractivity contribution in [1.82, 2.24) is 9.55 Å². The standard InChI is InChI=1S/C16H22BrN3O/c1-3-21-10-4-9-18-16-19-13(2)11-20(16)12-14-5-7-15(17)8-6-14/h5-8,11H,3-4,9-10,12H2,1-2H3,(H,18,19). The van der Waals surface area contributed by atoms with Gasteiger partial charge in [-0.3, -0.25) is 0 Å². The number of nitrogens with zero attached hydrogens (tertiary/aromatic N) is 2. The molecule has 0 bridgehead atoms. The molecule has 1 aromatic heterocycles. The Bertz CT molecular complexity index is 551. The first-order valence-corrected chi connectivity index (χ1v) is 8.08. The zero-order valence-corrected chi connectivity index (χ0v) is 14.2. The number of aryl methyl sites for hydroxylation is 1. The van der Waals surface area contributed by atoms with E-state index < -0.39 is 0 Å². The van der Waals surface area contributed by atoms with E-state index in [9.17, 15) is 0 Å². The van der Waals surface area contributed by atoms with Gasteiger partial charge in [-0.15, -0.1) is 0 Å². The summed E-state index contributed by atoms with van der Waals surface area (Å²) >= 11 is 3.46. The lowest BCUT2D eigenvalue weighted by Crippen LogP contribution is -2.11. The lowest BCUT2D eigenvalue weighted by Gasteiger charge is -2.10. The molecule has 0 spiro atoms. The second-order valence-corrected chi connectivity index (χ2v) is 5.85. The van der Waals surface area contributed by atoms with Crippen molar-refractivity contribution in [2.24, 2.45) is 0 Å². The van der Waals surface area contributed by atoms with Gasteiger partial charge in [-0.05, 0) is 38.0 Å². The molecule has 0 radical (unpaired) electrons. The van der Waals surface area contributed by atoms with Crippen LogP contribution < -0.4 is 5.32 Å². The molecule has 0 aliphatic rings. The molecule has 1 heterocycles. The summed E-state index contributed by atoms with van der Waals surface area (Å²) in [6.07, 6.45) is 3.06. The van der Waals surface area contributed by atoms with E-state index in [2.05, 4.69) is 61.3 Å². The predicted octanol–water partition coefficient (Wildman–Crippen LogP) is 3.84. The van der Waals surface area contributed by atoms with Gasteiger partial charge in [-0.1, -0.05) is 28.1 Å². The minimum atomic E-state index is 0.775. The Morgan fingerprint density at radius 1 is 1.29 bits per heavy atom. The van der Waals surface area contributed by atoms with E-state index in [1.807, 2.05) is 13.8 Å². The van der Waals surface area contributed by atoms with E-state index >= 15 is 0 Å². The van der Waals surface area contributed by atoms with Gasteiger partial charge in [0.2, 0.25) is 5.95 Å². The molecule has 0 fully saturated rings. The minimum Gasteiger partial charge on any atom is -0.382 e. The zero-order valence-electron chi connectivity index (χ0n) is 12.6. The van der Waals surface area contributed by atoms with Crippen LogP contribution in [0.3, 0.4) is 0 Å². The molecule has 0 atom stereocenters. The van der Waals surface area contributed by atoms with Crippen molar-refractivity contribution in [3.05, 3.63) is 46.2 Å². The Balaban J connectivity index is 1.94. The third kappa shape index (κ3) is 5.17. The van der Waals surface area contributed by atoms with E-state index in [1.165, 1.54) is 5.56 Å². The van der Waals surface area contributed by atoms with Gasteiger partial charge in [0.25, 0.3) is 0 Å². The number of imidazole rings is 1. The minimum absolute atomic E-state index is 0.775. The van der Waals surface area contributed by atoms with Crippen LogP contribution >= 0.6 is 15.9 Å². The van der Waals surface area contributed by atoms with Crippen LogP contribution in [0.25, 0.3) is 0 Å². The summed E-state index contributed by atoms with van der Waals surface area (Å²) in [5.74, 6) is 0.923. The summed E-state index contributed by atoms with van der Waals surface area (Å²) in [4.78, 5) is 4.54. The molecule has 1 N–H and O–H groups in total. The van der Waals surface area contributed by atoms with E-state index in [4.69, 9.17) is 4.74 Å². The fourth-order valence-corrected chi connectivity index (χ4v) is 2.38. The average molecular weight is 352 g/mol. The monoisotopic (exact) mass is 351 g/mol. The highest BCUT2D eigenvalue weighted by Gasteiger charge is 2.05. The van der Waals surface area contributed by atoms with Crippen molar-refractivity contribution in [3.8, 4) is 0 Å². The van der Waals surface area contributed by atoms with Crippen LogP contribution in [0.4, 0.5) is 5.95 Å². The molecule has 0 saturated heterocycles. The number of rotatable bonds is 8. The molecule has 0 aliphatic carbocycles. The molecule has 0 unspecified atom stereocenters. The van der Waals surface area contributed by atoms with Crippen molar-refractivity contribution in [2.75, 3.05) is 25.1 Å². The summed E-state index contributed by atoms with van der Waals surface area (Å²) in [7, 11) is 0. The van der Waals surface area contributed by atoms with Crippen LogP contribution in [-0.4, -0.2) is 29.3 Å². The fourth-order valence-electron chi connectivity index (χ4n) is 2.11. The summed E-state index contributed by atoms with van der Waals surface area (Å²) in [5.41, 5.74) is 2.28. The van der Waals surface area contributed by atoms with Crippen molar-refractivity contribution in [3.63, 3.8) is 0 Å². The Labute approximate surface area is 134 Å². The number of halogens is 1. The molecular formula is C16H22BrN3O. The Kier molecular flexibility index (Phi) is 6.26. The lowest BCUT2D eigenvalue weighted by molar-refractivity contribution is 0.147. The third-order valence-corrected chi connectivity index (χ3v) is 3.64. The van der Waals surface area contributed by atoms with Crippen LogP contribution in [0.2, 0.25) is 0 Å². The third-order valence-electron chi connectivity index (χ3n) is 3.12. The smallest absolute Gasteiger partial charge is 0.203 e. The van der Waals surface area contributed by atoms with Gasteiger partial charge in [-0.2, -0.15) is 0 Å². The number of anilines is 1. The van der Waals surface area contributed by atoms with Crippen molar-refractivity contribution < 1.29 is 4.74 Å². The molecule has 0 amide bonds. The number of hydrogen-bond acceptors (Lipinski definition) is 3. The van der Waals surface area contributed by atoms with Crippen LogP contribution in [0.5, 0.6) is 0 Å². The van der Waals surface area contributed by atoms with Crippen molar-refractivity contribution in [2.45, 2.75) is 26.8 Å². The molecule has 2 rings (SSSR count). The van der Waals surface area contributed by atoms with Gasteiger partial charge in [0.15, 0.2) is 0 Å². The predicted molar refractivity (Wildman–Crippen MR) is 89.8 cm³/mol. The Hall–Kier alpha value is -1.33. The van der Waals surface area contributed by atoms with Gasteiger partial charge < -0.3 is 14.6 Å². The number of aromatic nitrogens is 2. The molecule has 0 saturated carbocycles. The first-order chi connectivity index (χ1) is 10.2. The Morgan fingerprint density at radius 3 is 2.76 bits per heavy atom. The van der Waals surface area contributed by atoms with E-state index in [1.54, 1.807) is 0 Å².